The molecular formula is C50H32S2. The van der Waals surface area contributed by atoms with Crippen LogP contribution in [0.4, 0.5) is 0 Å². The Balaban J connectivity index is 1.06. The van der Waals surface area contributed by atoms with E-state index < -0.39 is 0 Å². The summed E-state index contributed by atoms with van der Waals surface area (Å²) in [6, 6.07) is 70.8. The number of rotatable bonds is 6. The van der Waals surface area contributed by atoms with Crippen LogP contribution in [0.15, 0.2) is 194 Å². The first-order valence-corrected chi connectivity index (χ1v) is 19.3. The fourth-order valence-corrected chi connectivity index (χ4v) is 10.2. The molecule has 0 aliphatic carbocycles. The van der Waals surface area contributed by atoms with Crippen molar-refractivity contribution in [2.75, 3.05) is 0 Å². The van der Waals surface area contributed by atoms with E-state index in [0.717, 1.165) is 0 Å². The van der Waals surface area contributed by atoms with E-state index in [1.807, 2.05) is 22.7 Å². The topological polar surface area (TPSA) is 0 Å². The molecule has 0 amide bonds. The Kier molecular flexibility index (Phi) is 7.64. The van der Waals surface area contributed by atoms with Crippen LogP contribution in [0.5, 0.6) is 0 Å². The van der Waals surface area contributed by atoms with Crippen LogP contribution in [0, 0.1) is 0 Å². The van der Waals surface area contributed by atoms with Crippen molar-refractivity contribution in [2.45, 2.75) is 0 Å². The van der Waals surface area contributed by atoms with Gasteiger partial charge in [0, 0.05) is 20.2 Å². The van der Waals surface area contributed by atoms with Gasteiger partial charge in [-0.3, -0.25) is 0 Å². The zero-order chi connectivity index (χ0) is 34.4. The Morgan fingerprint density at radius 2 is 0.577 bits per heavy atom. The van der Waals surface area contributed by atoms with Crippen LogP contribution < -0.4 is 0 Å². The van der Waals surface area contributed by atoms with E-state index in [9.17, 15) is 0 Å². The van der Waals surface area contributed by atoms with Crippen molar-refractivity contribution < 1.29 is 0 Å². The second-order valence-electron chi connectivity index (χ2n) is 13.3. The van der Waals surface area contributed by atoms with Gasteiger partial charge in [0.05, 0.1) is 9.40 Å². The average Bonchev–Trinajstić information content (AvgIpc) is 3.77. The highest BCUT2D eigenvalue weighted by Gasteiger charge is 2.17. The van der Waals surface area contributed by atoms with E-state index in [0.29, 0.717) is 0 Å². The standard InChI is InChI=1S/C50H32S2/c1-5-13-33(14-6-1)37-21-25-41(45(29-37)35-17-9-3-10-18-35)39-23-27-43-47(31-39)51-50-44-28-24-40(32-48(44)52-49(43)50)42-26-22-38(34-15-7-2-8-16-34)30-46(42)36-19-11-4-12-20-36/h1-32H. The Morgan fingerprint density at radius 3 is 0.962 bits per heavy atom. The number of hydrogen-bond acceptors (Lipinski definition) is 2. The lowest BCUT2D eigenvalue weighted by Gasteiger charge is -2.13. The molecule has 8 aromatic carbocycles. The van der Waals surface area contributed by atoms with Crippen LogP contribution in [0.1, 0.15) is 0 Å². The molecule has 2 aromatic heterocycles. The molecule has 0 bridgehead atoms. The summed E-state index contributed by atoms with van der Waals surface area (Å²) in [5, 5.41) is 2.68. The van der Waals surface area contributed by atoms with E-state index in [4.69, 9.17) is 0 Å². The third-order valence-corrected chi connectivity index (χ3v) is 12.6. The lowest BCUT2D eigenvalue weighted by atomic mass is 9.91. The average molecular weight is 697 g/mol. The molecule has 10 aromatic rings. The first kappa shape index (κ1) is 30.7. The summed E-state index contributed by atoms with van der Waals surface area (Å²) in [6.07, 6.45) is 0. The van der Waals surface area contributed by atoms with Crippen molar-refractivity contribution in [1.82, 2.24) is 0 Å². The van der Waals surface area contributed by atoms with Gasteiger partial charge in [-0.1, -0.05) is 170 Å². The molecular weight excluding hydrogens is 665 g/mol. The fourth-order valence-electron chi connectivity index (χ4n) is 7.52. The predicted molar refractivity (Wildman–Crippen MR) is 227 cm³/mol. The minimum Gasteiger partial charge on any atom is -0.134 e. The van der Waals surface area contributed by atoms with Gasteiger partial charge in [-0.2, -0.15) is 0 Å². The van der Waals surface area contributed by atoms with E-state index in [1.54, 1.807) is 0 Å². The summed E-state index contributed by atoms with van der Waals surface area (Å²) in [5.41, 5.74) is 14.9. The second-order valence-corrected chi connectivity index (χ2v) is 15.4. The van der Waals surface area contributed by atoms with Gasteiger partial charge >= 0.3 is 0 Å². The summed E-state index contributed by atoms with van der Waals surface area (Å²) in [5.74, 6) is 0. The van der Waals surface area contributed by atoms with E-state index in [2.05, 4.69) is 194 Å². The quantitative estimate of drug-likeness (QED) is 0.162. The van der Waals surface area contributed by atoms with Crippen molar-refractivity contribution in [3.05, 3.63) is 194 Å². The Hall–Kier alpha value is -6.06. The molecule has 0 nitrogen and oxygen atoms in total. The predicted octanol–water partition coefficient (Wildman–Crippen LogP) is 15.3. The minimum atomic E-state index is 1.23. The SMILES string of the molecule is c1ccc(-c2ccc(-c3ccc4c(c3)sc3c5ccc(-c6ccc(-c7ccccc7)cc6-c6ccccc6)cc5sc43)c(-c3ccccc3)c2)cc1. The number of fused-ring (bicyclic) bond motifs is 5. The van der Waals surface area contributed by atoms with Gasteiger partial charge in [0.25, 0.3) is 0 Å². The summed E-state index contributed by atoms with van der Waals surface area (Å²) in [4.78, 5) is 0. The van der Waals surface area contributed by atoms with Crippen LogP contribution in [0.2, 0.25) is 0 Å². The van der Waals surface area contributed by atoms with Crippen LogP contribution in [-0.4, -0.2) is 0 Å². The van der Waals surface area contributed by atoms with Gasteiger partial charge in [-0.05, 0) is 91.0 Å². The molecule has 0 fully saturated rings. The highest BCUT2D eigenvalue weighted by molar-refractivity contribution is 7.36. The molecule has 0 atom stereocenters. The molecule has 0 aliphatic rings. The van der Waals surface area contributed by atoms with Crippen LogP contribution in [0.25, 0.3) is 96.3 Å². The monoisotopic (exact) mass is 696 g/mol. The van der Waals surface area contributed by atoms with Gasteiger partial charge in [0.2, 0.25) is 0 Å². The van der Waals surface area contributed by atoms with Crippen molar-refractivity contribution in [3.63, 3.8) is 0 Å². The first-order chi connectivity index (χ1) is 25.8. The van der Waals surface area contributed by atoms with Crippen molar-refractivity contribution >= 4 is 52.2 Å². The molecule has 2 heteroatoms. The van der Waals surface area contributed by atoms with Crippen LogP contribution in [-0.2, 0) is 0 Å². The summed E-state index contributed by atoms with van der Waals surface area (Å²) in [7, 11) is 0. The summed E-state index contributed by atoms with van der Waals surface area (Å²) < 4.78 is 5.42. The molecule has 244 valence electrons. The molecule has 0 saturated carbocycles. The molecule has 52 heavy (non-hydrogen) atoms. The molecule has 0 spiro atoms. The van der Waals surface area contributed by atoms with Gasteiger partial charge in [0.15, 0.2) is 0 Å². The van der Waals surface area contributed by atoms with Gasteiger partial charge in [-0.25, -0.2) is 0 Å². The molecule has 0 radical (unpaired) electrons. The molecule has 0 aliphatic heterocycles. The fraction of sp³-hybridized carbons (Fsp3) is 0. The molecule has 0 unspecified atom stereocenters. The lowest BCUT2D eigenvalue weighted by molar-refractivity contribution is 1.57. The van der Waals surface area contributed by atoms with Gasteiger partial charge in [0.1, 0.15) is 0 Å². The van der Waals surface area contributed by atoms with E-state index in [-0.39, 0.29) is 0 Å². The van der Waals surface area contributed by atoms with Crippen molar-refractivity contribution in [3.8, 4) is 66.8 Å². The maximum Gasteiger partial charge on any atom is 0.0542 e. The van der Waals surface area contributed by atoms with E-state index in [1.165, 1.54) is 96.3 Å². The van der Waals surface area contributed by atoms with Gasteiger partial charge in [-0.15, -0.1) is 22.7 Å². The summed E-state index contributed by atoms with van der Waals surface area (Å²) >= 11 is 3.84. The normalized spacial score (nSPS) is 11.5. The molecule has 0 saturated heterocycles. The highest BCUT2D eigenvalue weighted by atomic mass is 32.1. The maximum atomic E-state index is 2.40. The van der Waals surface area contributed by atoms with Crippen molar-refractivity contribution in [2.24, 2.45) is 0 Å². The number of hydrogen-bond donors (Lipinski definition) is 0. The zero-order valence-electron chi connectivity index (χ0n) is 28.3. The van der Waals surface area contributed by atoms with E-state index >= 15 is 0 Å². The van der Waals surface area contributed by atoms with Crippen LogP contribution >= 0.6 is 22.7 Å². The maximum absolute atomic E-state index is 2.40. The second kappa shape index (κ2) is 12.9. The lowest BCUT2D eigenvalue weighted by Crippen LogP contribution is -1.87. The van der Waals surface area contributed by atoms with Crippen molar-refractivity contribution in [1.29, 1.82) is 0 Å². The molecule has 0 N–H and O–H groups in total. The zero-order valence-corrected chi connectivity index (χ0v) is 29.9. The minimum absolute atomic E-state index is 1.23. The third-order valence-electron chi connectivity index (χ3n) is 10.1. The Labute approximate surface area is 311 Å². The largest absolute Gasteiger partial charge is 0.134 e. The molecule has 10 rings (SSSR count). The number of benzene rings is 8. The Bertz CT molecular complexity index is 2660. The van der Waals surface area contributed by atoms with Crippen LogP contribution in [0.3, 0.4) is 0 Å². The number of thiophene rings is 2. The summed E-state index contributed by atoms with van der Waals surface area (Å²) in [6.45, 7) is 0. The molecule has 2 heterocycles. The van der Waals surface area contributed by atoms with Gasteiger partial charge < -0.3 is 0 Å². The third kappa shape index (κ3) is 5.45. The Morgan fingerprint density at radius 1 is 0.231 bits per heavy atom. The smallest absolute Gasteiger partial charge is 0.0542 e. The highest BCUT2D eigenvalue weighted by Crippen LogP contribution is 2.47. The first-order valence-electron chi connectivity index (χ1n) is 17.7.